The summed E-state index contributed by atoms with van der Waals surface area (Å²) in [7, 11) is 1.55. The number of likely N-dealkylation sites (N-methyl/N-ethyl adjacent to an activating group) is 1. The minimum absolute atomic E-state index is 0.0159. The van der Waals surface area contributed by atoms with E-state index in [1.807, 2.05) is 0 Å². The fourth-order valence-electron chi connectivity index (χ4n) is 1.36. The van der Waals surface area contributed by atoms with Crippen LogP contribution in [0.2, 0.25) is 0 Å². The zero-order valence-corrected chi connectivity index (χ0v) is 11.4. The highest BCUT2D eigenvalue weighted by Gasteiger charge is 2.19. The van der Waals surface area contributed by atoms with E-state index in [4.69, 9.17) is 5.11 Å². The van der Waals surface area contributed by atoms with Gasteiger partial charge in [0.2, 0.25) is 11.8 Å². The van der Waals surface area contributed by atoms with Crippen LogP contribution in [0.3, 0.4) is 0 Å². The molecule has 0 heterocycles. The van der Waals surface area contributed by atoms with E-state index in [0.717, 1.165) is 0 Å². The van der Waals surface area contributed by atoms with Gasteiger partial charge in [-0.3, -0.25) is 19.2 Å². The molecule has 7 nitrogen and oxygen atoms in total. The molecule has 0 radical (unpaired) electrons. The van der Waals surface area contributed by atoms with Crippen molar-refractivity contribution < 1.29 is 24.3 Å². The quantitative estimate of drug-likeness (QED) is 0.636. The largest absolute Gasteiger partial charge is 0.481 e. The summed E-state index contributed by atoms with van der Waals surface area (Å²) in [5.74, 6) is -1.88. The first-order chi connectivity index (χ1) is 8.73. The number of carboxylic acid groups (broad SMARTS) is 1. The topological polar surface area (TPSA) is 104 Å². The Balaban J connectivity index is 4.14. The first kappa shape index (κ1) is 17.1. The summed E-state index contributed by atoms with van der Waals surface area (Å²) < 4.78 is 0. The van der Waals surface area contributed by atoms with Gasteiger partial charge in [0.25, 0.3) is 0 Å². The molecule has 0 aliphatic carbocycles. The standard InChI is InChI=1S/C12H20N2O5/c1-8(15)6-7-14(3)12(19)9(2)13-10(16)4-5-11(17)18/h9H,4-7H2,1-3H3,(H,13,16)(H,17,18)/t9-/m0/s1. The number of hydrogen-bond donors (Lipinski definition) is 2. The van der Waals surface area contributed by atoms with Gasteiger partial charge in [0, 0.05) is 26.4 Å². The molecule has 0 rings (SSSR count). The van der Waals surface area contributed by atoms with Crippen molar-refractivity contribution in [3.05, 3.63) is 0 Å². The molecule has 0 unspecified atom stereocenters. The van der Waals surface area contributed by atoms with Crippen LogP contribution >= 0.6 is 0 Å². The van der Waals surface area contributed by atoms with Crippen molar-refractivity contribution in [3.63, 3.8) is 0 Å². The third kappa shape index (κ3) is 7.91. The molecule has 0 aliphatic rings. The monoisotopic (exact) mass is 272 g/mol. The summed E-state index contributed by atoms with van der Waals surface area (Å²) in [4.78, 5) is 45.6. The van der Waals surface area contributed by atoms with Crippen LogP contribution in [0.15, 0.2) is 0 Å². The lowest BCUT2D eigenvalue weighted by Gasteiger charge is -2.21. The van der Waals surface area contributed by atoms with Crippen LogP contribution < -0.4 is 5.32 Å². The SMILES string of the molecule is CC(=O)CCN(C)C(=O)[C@H](C)NC(=O)CCC(=O)O. The highest BCUT2D eigenvalue weighted by atomic mass is 16.4. The number of nitrogens with one attached hydrogen (secondary N) is 1. The van der Waals surface area contributed by atoms with Gasteiger partial charge in [-0.05, 0) is 13.8 Å². The fourth-order valence-corrected chi connectivity index (χ4v) is 1.36. The number of nitrogens with zero attached hydrogens (tertiary/aromatic N) is 1. The predicted octanol–water partition coefficient (Wildman–Crippen LogP) is -0.207. The van der Waals surface area contributed by atoms with Crippen molar-refractivity contribution in [2.24, 2.45) is 0 Å². The third-order valence-corrected chi connectivity index (χ3v) is 2.49. The van der Waals surface area contributed by atoms with E-state index in [1.54, 1.807) is 7.05 Å². The van der Waals surface area contributed by atoms with E-state index in [0.29, 0.717) is 6.54 Å². The van der Waals surface area contributed by atoms with Crippen molar-refractivity contribution in [3.8, 4) is 0 Å². The van der Waals surface area contributed by atoms with Crippen LogP contribution in [0.4, 0.5) is 0 Å². The van der Waals surface area contributed by atoms with E-state index >= 15 is 0 Å². The van der Waals surface area contributed by atoms with Gasteiger partial charge in [-0.25, -0.2) is 0 Å². The van der Waals surface area contributed by atoms with Crippen LogP contribution in [0, 0.1) is 0 Å². The average Bonchev–Trinajstić information content (AvgIpc) is 2.32. The summed E-state index contributed by atoms with van der Waals surface area (Å²) in [6.07, 6.45) is -0.168. The van der Waals surface area contributed by atoms with Crippen LogP contribution in [-0.2, 0) is 19.2 Å². The van der Waals surface area contributed by atoms with Crippen molar-refractivity contribution in [1.82, 2.24) is 10.2 Å². The molecule has 0 spiro atoms. The molecule has 19 heavy (non-hydrogen) atoms. The third-order valence-electron chi connectivity index (χ3n) is 2.49. The molecular weight excluding hydrogens is 252 g/mol. The lowest BCUT2D eigenvalue weighted by molar-refractivity contribution is -0.139. The minimum Gasteiger partial charge on any atom is -0.481 e. The van der Waals surface area contributed by atoms with Crippen molar-refractivity contribution in [2.45, 2.75) is 39.2 Å². The molecule has 2 N–H and O–H groups in total. The van der Waals surface area contributed by atoms with Gasteiger partial charge in [-0.2, -0.15) is 0 Å². The van der Waals surface area contributed by atoms with Gasteiger partial charge >= 0.3 is 5.97 Å². The number of carbonyl (C=O) groups excluding carboxylic acids is 3. The summed E-state index contributed by atoms with van der Waals surface area (Å²) in [6.45, 7) is 3.25. The Morgan fingerprint density at radius 3 is 2.21 bits per heavy atom. The number of aliphatic carboxylic acids is 1. The number of hydrogen-bond acceptors (Lipinski definition) is 4. The Hall–Kier alpha value is -1.92. The molecule has 108 valence electrons. The summed E-state index contributed by atoms with van der Waals surface area (Å²) >= 11 is 0. The summed E-state index contributed by atoms with van der Waals surface area (Å²) in [5, 5.41) is 10.9. The Bertz CT molecular complexity index is 367. The normalized spacial score (nSPS) is 11.5. The van der Waals surface area contributed by atoms with Crippen LogP contribution in [-0.4, -0.2) is 53.2 Å². The molecular formula is C12H20N2O5. The fraction of sp³-hybridized carbons (Fsp3) is 0.667. The maximum absolute atomic E-state index is 11.8. The zero-order valence-electron chi connectivity index (χ0n) is 11.4. The van der Waals surface area contributed by atoms with Crippen LogP contribution in [0.25, 0.3) is 0 Å². The van der Waals surface area contributed by atoms with Gasteiger partial charge in [0.15, 0.2) is 0 Å². The molecule has 2 amide bonds. The zero-order chi connectivity index (χ0) is 15.0. The molecule has 1 atom stereocenters. The lowest BCUT2D eigenvalue weighted by Crippen LogP contribution is -2.46. The highest BCUT2D eigenvalue weighted by Crippen LogP contribution is 1.97. The molecule has 0 bridgehead atoms. The molecule has 0 aromatic carbocycles. The number of Topliss-reactive ketones (excluding diaryl/α,β-unsaturated/α-hetero) is 1. The molecule has 0 saturated heterocycles. The second-order valence-corrected chi connectivity index (χ2v) is 4.39. The Labute approximate surface area is 112 Å². The summed E-state index contributed by atoms with van der Waals surface area (Å²) in [6, 6.07) is -0.738. The van der Waals surface area contributed by atoms with E-state index in [-0.39, 0.29) is 31.0 Å². The van der Waals surface area contributed by atoms with Crippen molar-refractivity contribution >= 4 is 23.6 Å². The lowest BCUT2D eigenvalue weighted by atomic mass is 10.2. The van der Waals surface area contributed by atoms with E-state index in [2.05, 4.69) is 5.32 Å². The Morgan fingerprint density at radius 2 is 1.74 bits per heavy atom. The summed E-state index contributed by atoms with van der Waals surface area (Å²) in [5.41, 5.74) is 0. The van der Waals surface area contributed by atoms with E-state index < -0.39 is 17.9 Å². The second kappa shape index (κ2) is 8.23. The maximum atomic E-state index is 11.8. The number of rotatable bonds is 8. The number of carbonyl (C=O) groups is 4. The van der Waals surface area contributed by atoms with Gasteiger partial charge < -0.3 is 15.3 Å². The first-order valence-corrected chi connectivity index (χ1v) is 5.99. The average molecular weight is 272 g/mol. The number of amides is 2. The van der Waals surface area contributed by atoms with Crippen molar-refractivity contribution in [1.29, 1.82) is 0 Å². The molecule has 0 saturated carbocycles. The molecule has 0 aliphatic heterocycles. The Kier molecular flexibility index (Phi) is 7.40. The molecule has 0 aromatic rings. The van der Waals surface area contributed by atoms with Gasteiger partial charge in [-0.15, -0.1) is 0 Å². The van der Waals surface area contributed by atoms with Crippen molar-refractivity contribution in [2.75, 3.05) is 13.6 Å². The number of carboxylic acids is 1. The van der Waals surface area contributed by atoms with E-state index in [1.165, 1.54) is 18.7 Å². The van der Waals surface area contributed by atoms with Gasteiger partial charge in [0.1, 0.15) is 11.8 Å². The van der Waals surface area contributed by atoms with E-state index in [9.17, 15) is 19.2 Å². The first-order valence-electron chi connectivity index (χ1n) is 5.99. The van der Waals surface area contributed by atoms with Gasteiger partial charge in [-0.1, -0.05) is 0 Å². The second-order valence-electron chi connectivity index (χ2n) is 4.39. The van der Waals surface area contributed by atoms with Crippen LogP contribution in [0.5, 0.6) is 0 Å². The van der Waals surface area contributed by atoms with Crippen LogP contribution in [0.1, 0.15) is 33.1 Å². The predicted molar refractivity (Wildman–Crippen MR) is 67.4 cm³/mol. The molecule has 0 aromatic heterocycles. The molecule has 0 fully saturated rings. The Morgan fingerprint density at radius 1 is 1.16 bits per heavy atom. The maximum Gasteiger partial charge on any atom is 0.303 e. The highest BCUT2D eigenvalue weighted by molar-refractivity contribution is 5.88. The van der Waals surface area contributed by atoms with Gasteiger partial charge in [0.05, 0.1) is 6.42 Å². The number of ketones is 1. The smallest absolute Gasteiger partial charge is 0.303 e. The minimum atomic E-state index is -1.06. The molecule has 7 heteroatoms.